The highest BCUT2D eigenvalue weighted by Gasteiger charge is 2.33. The quantitative estimate of drug-likeness (QED) is 0.690. The third-order valence-electron chi connectivity index (χ3n) is 4.77. The highest BCUT2D eigenvalue weighted by Crippen LogP contribution is 2.39. The number of H-pyrrole nitrogens is 1. The van der Waals surface area contributed by atoms with Gasteiger partial charge in [0.15, 0.2) is 0 Å². The molecule has 0 bridgehead atoms. The number of benzene rings is 1. The summed E-state index contributed by atoms with van der Waals surface area (Å²) in [7, 11) is -3.92. The Kier molecular flexibility index (Phi) is 4.22. The number of nitrogens with two attached hydrogens (primary N) is 1. The zero-order chi connectivity index (χ0) is 20.1. The molecular weight excluding hydrogens is 386 g/mol. The average molecular weight is 404 g/mol. The van der Waals surface area contributed by atoms with Crippen LogP contribution >= 0.6 is 0 Å². The number of allylic oxidation sites excluding steroid dienone is 2. The Morgan fingerprint density at radius 2 is 1.89 bits per heavy atom. The van der Waals surface area contributed by atoms with E-state index in [0.717, 1.165) is 0 Å². The Balaban J connectivity index is 1.94. The number of hydrogen-bond acceptors (Lipinski definition) is 5. The van der Waals surface area contributed by atoms with Gasteiger partial charge in [0.05, 0.1) is 16.1 Å². The maximum absolute atomic E-state index is 13.5. The zero-order valence-electron chi connectivity index (χ0n) is 15.0. The number of rotatable bonds is 3. The molecule has 0 radical (unpaired) electrons. The molecule has 0 fully saturated rings. The molecule has 28 heavy (non-hydrogen) atoms. The van der Waals surface area contributed by atoms with Gasteiger partial charge in [0.2, 0.25) is 9.84 Å². The second kappa shape index (κ2) is 6.37. The van der Waals surface area contributed by atoms with Gasteiger partial charge in [0.1, 0.15) is 22.1 Å². The molecule has 0 unspecified atom stereocenters. The molecule has 1 aromatic carbocycles. The molecule has 2 heterocycles. The summed E-state index contributed by atoms with van der Waals surface area (Å²) in [4.78, 5) is 11.5. The summed E-state index contributed by atoms with van der Waals surface area (Å²) >= 11 is 0. The number of nitrogen functional groups attached to an aromatic ring is 1. The maximum atomic E-state index is 13.5. The molecule has 0 saturated carbocycles. The van der Waals surface area contributed by atoms with E-state index in [1.54, 1.807) is 25.1 Å². The molecule has 0 aliphatic heterocycles. The molecule has 1 aliphatic carbocycles. The minimum Gasteiger partial charge on any atom is -0.384 e. The smallest absolute Gasteiger partial charge is 0.251 e. The number of fused-ring (bicyclic) bond motifs is 1. The lowest BCUT2D eigenvalue weighted by molar-refractivity contribution is -0.00604. The number of nitrogens with one attached hydrogen (secondary N) is 1. The lowest BCUT2D eigenvalue weighted by Crippen LogP contribution is -2.18. The number of nitrogens with zero attached hydrogens (tertiary/aromatic N) is 2. The zero-order valence-corrected chi connectivity index (χ0v) is 15.9. The van der Waals surface area contributed by atoms with Crippen LogP contribution in [-0.4, -0.2) is 29.3 Å². The molecule has 9 heteroatoms. The monoisotopic (exact) mass is 404 g/mol. The van der Waals surface area contributed by atoms with Crippen molar-refractivity contribution in [3.8, 4) is 0 Å². The van der Waals surface area contributed by atoms with Crippen molar-refractivity contribution in [3.63, 3.8) is 0 Å². The molecule has 0 saturated heterocycles. The second-order valence-electron chi connectivity index (χ2n) is 6.82. The van der Waals surface area contributed by atoms with Crippen LogP contribution in [0.5, 0.6) is 0 Å². The highest BCUT2D eigenvalue weighted by atomic mass is 32.2. The number of aromatic nitrogens is 3. The van der Waals surface area contributed by atoms with Crippen LogP contribution in [0.3, 0.4) is 0 Å². The minimum absolute atomic E-state index is 0.0539. The van der Waals surface area contributed by atoms with Gasteiger partial charge in [-0.25, -0.2) is 27.2 Å². The van der Waals surface area contributed by atoms with Crippen molar-refractivity contribution in [2.45, 2.75) is 41.9 Å². The lowest BCUT2D eigenvalue weighted by Gasteiger charge is -2.21. The van der Waals surface area contributed by atoms with E-state index >= 15 is 0 Å². The van der Waals surface area contributed by atoms with Crippen molar-refractivity contribution in [2.75, 3.05) is 5.73 Å². The first-order chi connectivity index (χ1) is 13.2. The maximum Gasteiger partial charge on any atom is 0.251 e. The Morgan fingerprint density at radius 1 is 1.18 bits per heavy atom. The number of hydrogen-bond donors (Lipinski definition) is 2. The van der Waals surface area contributed by atoms with Gasteiger partial charge >= 0.3 is 0 Å². The summed E-state index contributed by atoms with van der Waals surface area (Å²) < 4.78 is 53.3. The number of halogens is 2. The molecule has 3 N–H and O–H groups in total. The largest absolute Gasteiger partial charge is 0.384 e. The molecule has 146 valence electrons. The van der Waals surface area contributed by atoms with Gasteiger partial charge in [-0.15, -0.1) is 0 Å². The summed E-state index contributed by atoms with van der Waals surface area (Å²) in [5, 5.41) is 0. The van der Waals surface area contributed by atoms with E-state index in [-0.39, 0.29) is 40.4 Å². The fraction of sp³-hybridized carbons (Fsp3) is 0.263. The first kappa shape index (κ1) is 18.5. The fourth-order valence-electron chi connectivity index (χ4n) is 3.41. The standard InChI is InChI=1S/C19H18F2N4O2S/c1-11-23-14(12-7-9-19(20,21)10-8-12)15-16(24-11)17(18(22)25-15)28(26,27)13-5-3-2-4-6-13/h2-7,25H,8-10,22H2,1H3. The number of alkyl halides is 2. The van der Waals surface area contributed by atoms with Crippen LogP contribution in [0.1, 0.15) is 30.8 Å². The third kappa shape index (κ3) is 3.05. The van der Waals surface area contributed by atoms with Gasteiger partial charge in [-0.3, -0.25) is 0 Å². The van der Waals surface area contributed by atoms with Crippen molar-refractivity contribution in [1.29, 1.82) is 0 Å². The van der Waals surface area contributed by atoms with Crippen molar-refractivity contribution in [3.05, 3.63) is 47.9 Å². The average Bonchev–Trinajstić information content (AvgIpc) is 2.98. The fourth-order valence-corrected chi connectivity index (χ4v) is 4.90. The number of sulfone groups is 1. The van der Waals surface area contributed by atoms with Gasteiger partial charge in [0.25, 0.3) is 5.92 Å². The van der Waals surface area contributed by atoms with E-state index in [9.17, 15) is 17.2 Å². The van der Waals surface area contributed by atoms with Crippen molar-refractivity contribution < 1.29 is 17.2 Å². The third-order valence-corrected chi connectivity index (χ3v) is 6.62. The highest BCUT2D eigenvalue weighted by molar-refractivity contribution is 7.92. The summed E-state index contributed by atoms with van der Waals surface area (Å²) in [5.41, 5.74) is 7.58. The van der Waals surface area contributed by atoms with Crippen molar-refractivity contribution in [1.82, 2.24) is 15.0 Å². The minimum atomic E-state index is -3.92. The second-order valence-corrected chi connectivity index (χ2v) is 8.70. The molecule has 0 amide bonds. The van der Waals surface area contributed by atoms with E-state index in [1.807, 2.05) is 0 Å². The molecule has 6 nitrogen and oxygen atoms in total. The Morgan fingerprint density at radius 3 is 2.54 bits per heavy atom. The van der Waals surface area contributed by atoms with Crippen LogP contribution in [0.2, 0.25) is 0 Å². The molecule has 0 atom stereocenters. The number of aromatic amines is 1. The van der Waals surface area contributed by atoms with Crippen LogP contribution in [0, 0.1) is 6.92 Å². The molecule has 2 aromatic heterocycles. The van der Waals surface area contributed by atoms with Gasteiger partial charge in [-0.05, 0) is 31.1 Å². The van der Waals surface area contributed by atoms with E-state index in [2.05, 4.69) is 15.0 Å². The Bertz CT molecular complexity index is 1200. The van der Waals surface area contributed by atoms with Crippen molar-refractivity contribution >= 4 is 32.3 Å². The van der Waals surface area contributed by atoms with Crippen LogP contribution in [-0.2, 0) is 9.84 Å². The predicted molar refractivity (Wildman–Crippen MR) is 102 cm³/mol. The Hall–Kier alpha value is -2.81. The molecular formula is C19H18F2N4O2S. The van der Waals surface area contributed by atoms with E-state index in [0.29, 0.717) is 22.6 Å². The van der Waals surface area contributed by atoms with Crippen LogP contribution in [0.4, 0.5) is 14.6 Å². The van der Waals surface area contributed by atoms with Gasteiger partial charge in [0, 0.05) is 12.8 Å². The Labute approximate surface area is 160 Å². The normalized spacial score (nSPS) is 16.9. The molecule has 1 aliphatic rings. The van der Waals surface area contributed by atoms with Crippen LogP contribution in [0.25, 0.3) is 16.6 Å². The van der Waals surface area contributed by atoms with Gasteiger partial charge in [-0.2, -0.15) is 0 Å². The number of anilines is 1. The van der Waals surface area contributed by atoms with Gasteiger partial charge < -0.3 is 10.7 Å². The summed E-state index contributed by atoms with van der Waals surface area (Å²) in [6, 6.07) is 7.92. The van der Waals surface area contributed by atoms with Crippen LogP contribution in [0.15, 0.2) is 46.2 Å². The van der Waals surface area contributed by atoms with E-state index < -0.39 is 15.8 Å². The first-order valence-corrected chi connectivity index (χ1v) is 10.2. The van der Waals surface area contributed by atoms with Gasteiger partial charge in [-0.1, -0.05) is 24.3 Å². The first-order valence-electron chi connectivity index (χ1n) is 8.72. The lowest BCUT2D eigenvalue weighted by atomic mass is 9.93. The molecule has 3 aromatic rings. The summed E-state index contributed by atoms with van der Waals surface area (Å²) in [5.74, 6) is -2.45. The predicted octanol–water partition coefficient (Wildman–Crippen LogP) is 3.88. The van der Waals surface area contributed by atoms with E-state index in [4.69, 9.17) is 5.73 Å². The molecule has 4 rings (SSSR count). The molecule has 0 spiro atoms. The SMILES string of the molecule is Cc1nc(C2=CCC(F)(F)CC2)c2[nH]c(N)c(S(=O)(=O)c3ccccc3)c2n1. The van der Waals surface area contributed by atoms with E-state index in [1.165, 1.54) is 18.2 Å². The van der Waals surface area contributed by atoms with Crippen molar-refractivity contribution in [2.24, 2.45) is 0 Å². The number of aryl methyl sites for hydroxylation is 1. The topological polar surface area (TPSA) is 102 Å². The summed E-state index contributed by atoms with van der Waals surface area (Å²) in [6.45, 7) is 1.63. The summed E-state index contributed by atoms with van der Waals surface area (Å²) in [6.07, 6.45) is 0.929. The van der Waals surface area contributed by atoms with Crippen LogP contribution < -0.4 is 5.73 Å².